The van der Waals surface area contributed by atoms with Crippen molar-refractivity contribution >= 4 is 109 Å². The molecule has 0 N–H and O–H groups in total. The van der Waals surface area contributed by atoms with Crippen LogP contribution in [-0.2, 0) is 0 Å². The molecular formula is C100H81N5. The summed E-state index contributed by atoms with van der Waals surface area (Å²) in [4.78, 5) is 0. The summed E-state index contributed by atoms with van der Waals surface area (Å²) in [6.07, 6.45) is 0. The van der Waals surface area contributed by atoms with Crippen molar-refractivity contribution in [2.45, 2.75) is 69.2 Å². The molecule has 0 radical (unpaired) electrons. The molecule has 0 saturated heterocycles. The lowest BCUT2D eigenvalue weighted by molar-refractivity contribution is 1.16. The van der Waals surface area contributed by atoms with Crippen molar-refractivity contribution < 1.29 is 0 Å². The predicted octanol–water partition coefficient (Wildman–Crippen LogP) is 27.0. The van der Waals surface area contributed by atoms with Crippen LogP contribution in [0.2, 0.25) is 0 Å². The minimum Gasteiger partial charge on any atom is -0.309 e. The fourth-order valence-electron chi connectivity index (χ4n) is 16.3. The van der Waals surface area contributed by atoms with E-state index in [1.807, 2.05) is 0 Å². The highest BCUT2D eigenvalue weighted by Gasteiger charge is 2.22. The third kappa shape index (κ3) is 11.3. The van der Waals surface area contributed by atoms with Crippen molar-refractivity contribution in [2.75, 3.05) is 0 Å². The van der Waals surface area contributed by atoms with E-state index in [9.17, 15) is 0 Å². The fourth-order valence-corrected chi connectivity index (χ4v) is 16.3. The molecule has 5 heteroatoms. The van der Waals surface area contributed by atoms with Crippen LogP contribution in [0, 0.1) is 69.2 Å². The monoisotopic (exact) mass is 1350 g/mol. The zero-order valence-corrected chi connectivity index (χ0v) is 61.2. The number of hydrogen-bond donors (Lipinski definition) is 0. The number of hydrogen-bond acceptors (Lipinski definition) is 0. The van der Waals surface area contributed by atoms with E-state index in [2.05, 4.69) is 401 Å². The molecule has 0 atom stereocenters. The van der Waals surface area contributed by atoms with E-state index in [0.717, 1.165) is 0 Å². The minimum atomic E-state index is 1.17. The predicted molar refractivity (Wildman–Crippen MR) is 449 cm³/mol. The van der Waals surface area contributed by atoms with Crippen LogP contribution in [0.15, 0.2) is 309 Å². The number of aromatic nitrogens is 5. The molecule has 0 spiro atoms. The summed E-state index contributed by atoms with van der Waals surface area (Å²) in [6.45, 7) is 21.6. The number of para-hydroxylation sites is 1. The Labute approximate surface area is 613 Å². The maximum Gasteiger partial charge on any atom is 0.0542 e. The van der Waals surface area contributed by atoms with Crippen molar-refractivity contribution in [2.24, 2.45) is 0 Å². The van der Waals surface area contributed by atoms with E-state index in [4.69, 9.17) is 0 Å². The summed E-state index contributed by atoms with van der Waals surface area (Å²) in [5.41, 5.74) is 36.0. The molecule has 0 saturated carbocycles. The molecule has 5 aromatic heterocycles. The van der Waals surface area contributed by atoms with E-state index in [1.54, 1.807) is 0 Å². The van der Waals surface area contributed by atoms with Crippen LogP contribution < -0.4 is 0 Å². The van der Waals surface area contributed by atoms with Crippen LogP contribution in [0.4, 0.5) is 0 Å². The Hall–Kier alpha value is -12.7. The number of nitrogens with zero attached hydrogens (tertiary/aromatic N) is 5. The van der Waals surface area contributed by atoms with Crippen molar-refractivity contribution in [1.29, 1.82) is 0 Å². The molecule has 506 valence electrons. The smallest absolute Gasteiger partial charge is 0.0542 e. The topological polar surface area (TPSA) is 24.6 Å². The van der Waals surface area contributed by atoms with E-state index in [1.165, 1.54) is 215 Å². The lowest BCUT2D eigenvalue weighted by Crippen LogP contribution is -1.96. The highest BCUT2D eigenvalue weighted by molar-refractivity contribution is 6.16. The van der Waals surface area contributed by atoms with Gasteiger partial charge in [-0.3, -0.25) is 0 Å². The minimum absolute atomic E-state index is 1.17. The van der Waals surface area contributed by atoms with Crippen molar-refractivity contribution in [3.8, 4) is 50.7 Å². The van der Waals surface area contributed by atoms with Crippen molar-refractivity contribution in [3.63, 3.8) is 0 Å². The summed E-state index contributed by atoms with van der Waals surface area (Å²) in [7, 11) is 0. The van der Waals surface area contributed by atoms with E-state index in [-0.39, 0.29) is 0 Å². The van der Waals surface area contributed by atoms with Gasteiger partial charge in [-0.1, -0.05) is 195 Å². The normalized spacial score (nSPS) is 11.7. The molecule has 0 amide bonds. The second-order valence-corrected chi connectivity index (χ2v) is 29.4. The maximum atomic E-state index is 2.44. The summed E-state index contributed by atoms with van der Waals surface area (Å²) < 4.78 is 12.1. The average Bonchev–Trinajstić information content (AvgIpc) is 1.58. The maximum absolute atomic E-state index is 2.44. The largest absolute Gasteiger partial charge is 0.309 e. The highest BCUT2D eigenvalue weighted by Crippen LogP contribution is 2.43. The van der Waals surface area contributed by atoms with Gasteiger partial charge in [-0.2, -0.15) is 0 Å². The molecule has 0 aliphatic carbocycles. The summed E-state index contributed by atoms with van der Waals surface area (Å²) >= 11 is 0. The van der Waals surface area contributed by atoms with Gasteiger partial charge in [0.25, 0.3) is 0 Å². The van der Waals surface area contributed by atoms with Gasteiger partial charge in [-0.25, -0.2) is 0 Å². The van der Waals surface area contributed by atoms with Crippen LogP contribution in [0.3, 0.4) is 0 Å². The lowest BCUT2D eigenvalue weighted by Gasteiger charge is -2.11. The standard InChI is InChI=1S/C47H37N3.C32H25N.C21H19N/c1-28-6-12-33(13-7-28)48-46-20-14-34(49-42-16-8-29(2)22-36(42)37-23-30(3)9-17-43(37)49)26-40(46)41-27-35(15-21-47(41)48)50-44-18-10-31(4)24-38(44)39-25-32(5)11-19-45(39)50;1-22-8-12-24(13-9-22)26-16-18-31-29(20-26)30-21-27(25-14-10-23(2)11-15-25)17-19-32(30)33(31)28-6-4-3-5-7-28;1-14-4-8-17(9-5-14)22-20-10-6-15(2)12-18(20)19-13-16(3)7-11-21(19)22/h6-27H,1-5H3;3-21H,1-2H3;4-13H,1-3H3. The Bertz CT molecular complexity index is 6360. The molecule has 0 fully saturated rings. The van der Waals surface area contributed by atoms with Crippen LogP contribution in [0.5, 0.6) is 0 Å². The zero-order valence-electron chi connectivity index (χ0n) is 61.2. The molecule has 20 aromatic rings. The molecule has 0 unspecified atom stereocenters. The highest BCUT2D eigenvalue weighted by atomic mass is 15.0. The third-order valence-electron chi connectivity index (χ3n) is 21.6. The zero-order chi connectivity index (χ0) is 71.5. The van der Waals surface area contributed by atoms with Crippen LogP contribution in [0.1, 0.15) is 55.6 Å². The van der Waals surface area contributed by atoms with Crippen LogP contribution >= 0.6 is 0 Å². The quantitative estimate of drug-likeness (QED) is 0.152. The Kier molecular flexibility index (Phi) is 15.7. The number of fused-ring (bicyclic) bond motifs is 15. The number of rotatable bonds is 7. The van der Waals surface area contributed by atoms with Crippen LogP contribution in [-0.4, -0.2) is 22.8 Å². The second-order valence-electron chi connectivity index (χ2n) is 29.4. The van der Waals surface area contributed by atoms with E-state index in [0.29, 0.717) is 0 Å². The van der Waals surface area contributed by atoms with Gasteiger partial charge >= 0.3 is 0 Å². The average molecular weight is 1350 g/mol. The van der Waals surface area contributed by atoms with Crippen molar-refractivity contribution in [3.05, 3.63) is 365 Å². The Balaban J connectivity index is 0.000000122. The first-order chi connectivity index (χ1) is 51.1. The van der Waals surface area contributed by atoms with Gasteiger partial charge in [0.1, 0.15) is 0 Å². The molecule has 15 aromatic carbocycles. The van der Waals surface area contributed by atoms with Gasteiger partial charge < -0.3 is 22.8 Å². The van der Waals surface area contributed by atoms with E-state index >= 15 is 0 Å². The molecular weight excluding hydrogens is 1270 g/mol. The Morgan fingerprint density at radius 1 is 0.133 bits per heavy atom. The van der Waals surface area contributed by atoms with Gasteiger partial charge in [0.2, 0.25) is 0 Å². The Morgan fingerprint density at radius 2 is 0.314 bits per heavy atom. The third-order valence-corrected chi connectivity index (χ3v) is 21.6. The molecule has 5 heterocycles. The van der Waals surface area contributed by atoms with Crippen LogP contribution in [0.25, 0.3) is 160 Å². The summed E-state index contributed by atoms with van der Waals surface area (Å²) in [6, 6.07) is 114. The van der Waals surface area contributed by atoms with Gasteiger partial charge in [0.05, 0.1) is 55.2 Å². The molecule has 5 nitrogen and oxygen atoms in total. The number of aryl methyl sites for hydroxylation is 10. The second kappa shape index (κ2) is 25.7. The molecule has 0 bridgehead atoms. The molecule has 0 aliphatic rings. The van der Waals surface area contributed by atoms with Gasteiger partial charge in [-0.05, 0) is 261 Å². The first kappa shape index (κ1) is 64.4. The van der Waals surface area contributed by atoms with Crippen molar-refractivity contribution in [1.82, 2.24) is 22.8 Å². The molecule has 0 aliphatic heterocycles. The molecule has 105 heavy (non-hydrogen) atoms. The van der Waals surface area contributed by atoms with Gasteiger partial charge in [0.15, 0.2) is 0 Å². The van der Waals surface area contributed by atoms with Gasteiger partial charge in [0, 0.05) is 82.3 Å². The summed E-state index contributed by atoms with van der Waals surface area (Å²) in [5.74, 6) is 0. The summed E-state index contributed by atoms with van der Waals surface area (Å²) in [5, 5.41) is 12.9. The molecule has 20 rings (SSSR count). The van der Waals surface area contributed by atoms with E-state index < -0.39 is 0 Å². The Morgan fingerprint density at radius 3 is 0.590 bits per heavy atom. The first-order valence-corrected chi connectivity index (χ1v) is 36.7. The SMILES string of the molecule is Cc1ccc(-c2ccc3c(c2)c2cc(-c4ccc(C)cc4)ccc2n3-c2ccccc2)cc1.Cc1ccc(-n2c3ccc(-n4c5ccc(C)cc5c5cc(C)ccc54)cc3c3cc(-n4c5ccc(C)cc5c5cc(C)ccc54)ccc32)cc1.Cc1ccc(-n2c3ccc(C)cc3c3cc(C)ccc32)cc1. The van der Waals surface area contributed by atoms with Gasteiger partial charge in [-0.15, -0.1) is 0 Å². The first-order valence-electron chi connectivity index (χ1n) is 36.7. The fraction of sp³-hybridized carbons (Fsp3) is 0.100. The number of benzene rings is 15. The lowest BCUT2D eigenvalue weighted by atomic mass is 9.99.